The minimum absolute atomic E-state index is 0.00346. The molecule has 1 nitrogen and oxygen atoms in total. The van der Waals surface area contributed by atoms with Gasteiger partial charge in [0.25, 0.3) is 0 Å². The Morgan fingerprint density at radius 3 is 1.96 bits per heavy atom. The summed E-state index contributed by atoms with van der Waals surface area (Å²) < 4.78 is 33.1. The summed E-state index contributed by atoms with van der Waals surface area (Å²) in [5.41, 5.74) is 0.541. The van der Waals surface area contributed by atoms with E-state index in [1.165, 1.54) is 32.8 Å². The molecule has 1 aromatic rings. The Balaban J connectivity index is 1.62. The van der Waals surface area contributed by atoms with Gasteiger partial charge in [-0.15, -0.1) is 0 Å². The summed E-state index contributed by atoms with van der Waals surface area (Å²) in [7, 11) is 1.37. The molecule has 3 heteroatoms. The van der Waals surface area contributed by atoms with Gasteiger partial charge in [-0.2, -0.15) is 4.39 Å². The fraction of sp³-hybridized carbons (Fsp3) is 0.700. The molecule has 0 bridgehead atoms. The van der Waals surface area contributed by atoms with Crippen LogP contribution in [-0.2, 0) is 0 Å². The molecule has 2 aliphatic carbocycles. The molecular formula is C20H28F2O. The normalized spacial score (nSPS) is 31.8. The molecule has 0 spiro atoms. The average molecular weight is 322 g/mol. The van der Waals surface area contributed by atoms with Gasteiger partial charge in [-0.3, -0.25) is 0 Å². The highest BCUT2D eigenvalue weighted by Crippen LogP contribution is 2.44. The standard InChI is InChI=1S/C20H28F2O/c1-13-3-5-14(6-4-13)15-7-9-16(10-8-15)17-11-12-18(23-2)20(22)19(17)21/h11-16H,3-10H2,1-2H3. The van der Waals surface area contributed by atoms with E-state index in [9.17, 15) is 8.78 Å². The van der Waals surface area contributed by atoms with Crippen LogP contribution in [-0.4, -0.2) is 7.11 Å². The van der Waals surface area contributed by atoms with E-state index in [2.05, 4.69) is 6.92 Å². The van der Waals surface area contributed by atoms with Crippen LogP contribution in [0.1, 0.15) is 69.8 Å². The summed E-state index contributed by atoms with van der Waals surface area (Å²) >= 11 is 0. The Hall–Kier alpha value is -1.12. The van der Waals surface area contributed by atoms with Gasteiger partial charge in [-0.1, -0.05) is 25.8 Å². The number of halogens is 2. The molecule has 0 atom stereocenters. The molecule has 2 aliphatic rings. The average Bonchev–Trinajstić information content (AvgIpc) is 2.58. The summed E-state index contributed by atoms with van der Waals surface area (Å²) in [6.45, 7) is 2.36. The maximum absolute atomic E-state index is 14.3. The van der Waals surface area contributed by atoms with Crippen LogP contribution in [0.2, 0.25) is 0 Å². The molecule has 128 valence electrons. The first-order chi connectivity index (χ1) is 11.1. The molecule has 2 saturated carbocycles. The first kappa shape index (κ1) is 16.7. The Morgan fingerprint density at radius 2 is 1.39 bits per heavy atom. The van der Waals surface area contributed by atoms with Crippen LogP contribution in [0.3, 0.4) is 0 Å². The fourth-order valence-corrected chi connectivity index (χ4v) is 4.68. The van der Waals surface area contributed by atoms with Crippen molar-refractivity contribution in [3.63, 3.8) is 0 Å². The van der Waals surface area contributed by atoms with Gasteiger partial charge in [-0.25, -0.2) is 4.39 Å². The van der Waals surface area contributed by atoms with Gasteiger partial charge < -0.3 is 4.74 Å². The van der Waals surface area contributed by atoms with E-state index >= 15 is 0 Å². The zero-order valence-electron chi connectivity index (χ0n) is 14.3. The Bertz CT molecular complexity index is 527. The summed E-state index contributed by atoms with van der Waals surface area (Å²) in [6, 6.07) is 3.27. The van der Waals surface area contributed by atoms with E-state index in [1.54, 1.807) is 12.1 Å². The second kappa shape index (κ2) is 7.19. The summed E-state index contributed by atoms with van der Waals surface area (Å²) in [6.07, 6.45) is 9.75. The number of methoxy groups -OCH3 is 1. The highest BCUT2D eigenvalue weighted by atomic mass is 19.2. The highest BCUT2D eigenvalue weighted by molar-refractivity contribution is 5.33. The van der Waals surface area contributed by atoms with E-state index in [-0.39, 0.29) is 11.7 Å². The van der Waals surface area contributed by atoms with Gasteiger partial charge in [0.1, 0.15) is 0 Å². The van der Waals surface area contributed by atoms with Gasteiger partial charge in [0.05, 0.1) is 7.11 Å². The van der Waals surface area contributed by atoms with Crippen LogP contribution in [0, 0.1) is 29.4 Å². The molecule has 2 fully saturated rings. The smallest absolute Gasteiger partial charge is 0.200 e. The minimum atomic E-state index is -0.839. The molecule has 0 aromatic heterocycles. The lowest BCUT2D eigenvalue weighted by Crippen LogP contribution is -2.25. The number of hydrogen-bond donors (Lipinski definition) is 0. The molecule has 0 aliphatic heterocycles. The van der Waals surface area contributed by atoms with Crippen LogP contribution in [0.15, 0.2) is 12.1 Å². The molecule has 0 saturated heterocycles. The molecule has 0 heterocycles. The maximum Gasteiger partial charge on any atom is 0.200 e. The first-order valence-corrected chi connectivity index (χ1v) is 9.12. The van der Waals surface area contributed by atoms with Crippen LogP contribution in [0.4, 0.5) is 8.78 Å². The van der Waals surface area contributed by atoms with Crippen LogP contribution < -0.4 is 4.74 Å². The molecule has 0 amide bonds. The Morgan fingerprint density at radius 1 is 0.826 bits per heavy atom. The third-order valence-corrected chi connectivity index (χ3v) is 6.24. The third kappa shape index (κ3) is 3.54. The molecule has 3 rings (SSSR count). The maximum atomic E-state index is 14.3. The van der Waals surface area contributed by atoms with Crippen molar-refractivity contribution in [2.75, 3.05) is 7.11 Å². The molecule has 0 N–H and O–H groups in total. The third-order valence-electron chi connectivity index (χ3n) is 6.24. The van der Waals surface area contributed by atoms with Crippen LogP contribution in [0.25, 0.3) is 0 Å². The Kier molecular flexibility index (Phi) is 5.23. The topological polar surface area (TPSA) is 9.23 Å². The zero-order valence-corrected chi connectivity index (χ0v) is 14.3. The number of ether oxygens (including phenoxy) is 1. The van der Waals surface area contributed by atoms with Gasteiger partial charge in [0, 0.05) is 0 Å². The van der Waals surface area contributed by atoms with E-state index in [4.69, 9.17) is 4.74 Å². The quantitative estimate of drug-likeness (QED) is 0.656. The SMILES string of the molecule is COc1ccc(C2CCC(C3CCC(C)CC3)CC2)c(F)c1F. The highest BCUT2D eigenvalue weighted by Gasteiger charge is 2.31. The minimum Gasteiger partial charge on any atom is -0.494 e. The predicted molar refractivity (Wildman–Crippen MR) is 88.7 cm³/mol. The van der Waals surface area contributed by atoms with Crippen molar-refractivity contribution in [2.24, 2.45) is 17.8 Å². The van der Waals surface area contributed by atoms with Crippen LogP contribution in [0.5, 0.6) is 5.75 Å². The summed E-state index contributed by atoms with van der Waals surface area (Å²) in [5, 5.41) is 0. The predicted octanol–water partition coefficient (Wildman–Crippen LogP) is 6.07. The number of hydrogen-bond acceptors (Lipinski definition) is 1. The Labute approximate surface area is 138 Å². The van der Waals surface area contributed by atoms with Gasteiger partial charge in [0.15, 0.2) is 11.6 Å². The molecule has 1 aromatic carbocycles. The molecule has 23 heavy (non-hydrogen) atoms. The summed E-state index contributed by atoms with van der Waals surface area (Å²) in [4.78, 5) is 0. The van der Waals surface area contributed by atoms with Crippen molar-refractivity contribution in [2.45, 2.75) is 64.2 Å². The molecular weight excluding hydrogens is 294 g/mol. The second-order valence-corrected chi connectivity index (χ2v) is 7.62. The van der Waals surface area contributed by atoms with E-state index in [0.29, 0.717) is 5.56 Å². The fourth-order valence-electron chi connectivity index (χ4n) is 4.68. The number of rotatable bonds is 3. The monoisotopic (exact) mass is 322 g/mol. The number of benzene rings is 1. The lowest BCUT2D eigenvalue weighted by atomic mass is 9.68. The van der Waals surface area contributed by atoms with Gasteiger partial charge in [0.2, 0.25) is 5.82 Å². The zero-order chi connectivity index (χ0) is 16.4. The lowest BCUT2D eigenvalue weighted by Gasteiger charge is -2.37. The summed E-state index contributed by atoms with van der Waals surface area (Å²) in [5.74, 6) is 1.16. The van der Waals surface area contributed by atoms with Crippen LogP contribution >= 0.6 is 0 Å². The first-order valence-electron chi connectivity index (χ1n) is 9.12. The van der Waals surface area contributed by atoms with Crippen molar-refractivity contribution in [1.82, 2.24) is 0 Å². The lowest BCUT2D eigenvalue weighted by molar-refractivity contribution is 0.164. The largest absolute Gasteiger partial charge is 0.494 e. The van der Waals surface area contributed by atoms with Crippen molar-refractivity contribution in [1.29, 1.82) is 0 Å². The molecule has 0 radical (unpaired) electrons. The second-order valence-electron chi connectivity index (χ2n) is 7.62. The van der Waals surface area contributed by atoms with Crippen molar-refractivity contribution >= 4 is 0 Å². The van der Waals surface area contributed by atoms with Crippen molar-refractivity contribution in [3.05, 3.63) is 29.3 Å². The van der Waals surface area contributed by atoms with E-state index in [0.717, 1.165) is 43.4 Å². The van der Waals surface area contributed by atoms with Crippen molar-refractivity contribution < 1.29 is 13.5 Å². The molecule has 0 unspecified atom stereocenters. The van der Waals surface area contributed by atoms with E-state index < -0.39 is 11.6 Å². The van der Waals surface area contributed by atoms with Crippen molar-refractivity contribution in [3.8, 4) is 5.75 Å². The van der Waals surface area contributed by atoms with Gasteiger partial charge in [-0.05, 0) is 73.8 Å². The van der Waals surface area contributed by atoms with Gasteiger partial charge >= 0.3 is 0 Å². The van der Waals surface area contributed by atoms with E-state index in [1.807, 2.05) is 0 Å².